The Bertz CT molecular complexity index is 703. The van der Waals surface area contributed by atoms with Gasteiger partial charge in [0, 0.05) is 17.0 Å². The predicted octanol–water partition coefficient (Wildman–Crippen LogP) is 1.50. The van der Waals surface area contributed by atoms with Crippen LogP contribution in [-0.2, 0) is 11.3 Å². The number of benzene rings is 1. The van der Waals surface area contributed by atoms with E-state index in [1.165, 1.54) is 23.5 Å². The number of halogens is 1. The number of likely N-dealkylation sites (N-methyl/N-ethyl adjacent to an activating group) is 1. The molecule has 5 nitrogen and oxygen atoms in total. The van der Waals surface area contributed by atoms with E-state index in [4.69, 9.17) is 4.74 Å². The highest BCUT2D eigenvalue weighted by Gasteiger charge is 2.15. The zero-order chi connectivity index (χ0) is 17.7. The zero-order valence-electron chi connectivity index (χ0n) is 14.4. The number of methoxy groups -OCH3 is 1. The Morgan fingerprint density at radius 2 is 2.21 bits per heavy atom. The minimum absolute atomic E-state index is 0.0195. The second kappa shape index (κ2) is 8.21. The van der Waals surface area contributed by atoms with Gasteiger partial charge >= 0.3 is 0 Å². The van der Waals surface area contributed by atoms with Gasteiger partial charge in [0.25, 0.3) is 5.91 Å². The SMILES string of the molecule is COc1ccc(F)cc1-c1csc(C[NH+](C)CC(=O)NC(C)C)n1. The molecule has 0 spiro atoms. The lowest BCUT2D eigenvalue weighted by Crippen LogP contribution is -3.09. The van der Waals surface area contributed by atoms with Crippen LogP contribution in [0, 0.1) is 5.82 Å². The van der Waals surface area contributed by atoms with Crippen molar-refractivity contribution in [3.63, 3.8) is 0 Å². The van der Waals surface area contributed by atoms with Crippen LogP contribution in [0.15, 0.2) is 23.6 Å². The number of hydrogen-bond acceptors (Lipinski definition) is 4. The number of carbonyl (C=O) groups is 1. The van der Waals surface area contributed by atoms with E-state index in [1.54, 1.807) is 13.2 Å². The molecule has 0 aliphatic heterocycles. The fraction of sp³-hybridized carbons (Fsp3) is 0.412. The Morgan fingerprint density at radius 1 is 1.46 bits per heavy atom. The van der Waals surface area contributed by atoms with Crippen LogP contribution in [0.25, 0.3) is 11.3 Å². The van der Waals surface area contributed by atoms with Crippen LogP contribution in [0.2, 0.25) is 0 Å². The van der Waals surface area contributed by atoms with Gasteiger partial charge in [-0.3, -0.25) is 4.79 Å². The molecule has 2 aromatic rings. The molecule has 0 aliphatic rings. The van der Waals surface area contributed by atoms with Crippen molar-refractivity contribution >= 4 is 17.2 Å². The van der Waals surface area contributed by atoms with E-state index in [0.717, 1.165) is 9.91 Å². The van der Waals surface area contributed by atoms with Gasteiger partial charge in [-0.2, -0.15) is 0 Å². The predicted molar refractivity (Wildman–Crippen MR) is 92.8 cm³/mol. The van der Waals surface area contributed by atoms with Gasteiger partial charge in [0.1, 0.15) is 23.1 Å². The zero-order valence-corrected chi connectivity index (χ0v) is 15.2. The average Bonchev–Trinajstić information content (AvgIpc) is 2.94. The number of amides is 1. The van der Waals surface area contributed by atoms with Gasteiger partial charge in [-0.1, -0.05) is 0 Å². The second-order valence-electron chi connectivity index (χ2n) is 6.00. The van der Waals surface area contributed by atoms with Crippen molar-refractivity contribution in [3.8, 4) is 17.0 Å². The molecule has 24 heavy (non-hydrogen) atoms. The van der Waals surface area contributed by atoms with E-state index in [0.29, 0.717) is 30.1 Å². The highest BCUT2D eigenvalue weighted by atomic mass is 32.1. The second-order valence-corrected chi connectivity index (χ2v) is 6.95. The third-order valence-corrected chi connectivity index (χ3v) is 4.20. The number of nitrogens with zero attached hydrogens (tertiary/aromatic N) is 1. The third-order valence-electron chi connectivity index (χ3n) is 3.35. The van der Waals surface area contributed by atoms with E-state index in [2.05, 4.69) is 10.3 Å². The first kappa shape index (κ1) is 18.4. The van der Waals surface area contributed by atoms with Crippen molar-refractivity contribution in [2.24, 2.45) is 0 Å². The Morgan fingerprint density at radius 3 is 2.88 bits per heavy atom. The van der Waals surface area contributed by atoms with E-state index in [9.17, 15) is 9.18 Å². The van der Waals surface area contributed by atoms with Crippen molar-refractivity contribution in [2.45, 2.75) is 26.4 Å². The van der Waals surface area contributed by atoms with Crippen molar-refractivity contribution in [1.29, 1.82) is 0 Å². The quantitative estimate of drug-likeness (QED) is 0.794. The standard InChI is InChI=1S/C17H22FN3O2S/c1-11(2)19-16(22)8-21(3)9-17-20-14(10-24-17)13-7-12(18)5-6-15(13)23-4/h5-7,10-11H,8-9H2,1-4H3,(H,19,22)/p+1. The summed E-state index contributed by atoms with van der Waals surface area (Å²) in [5, 5.41) is 5.65. The maximum Gasteiger partial charge on any atom is 0.275 e. The average molecular weight is 352 g/mol. The highest BCUT2D eigenvalue weighted by Crippen LogP contribution is 2.31. The van der Waals surface area contributed by atoms with Crippen molar-refractivity contribution < 1.29 is 18.8 Å². The molecular formula is C17H23FN3O2S+. The summed E-state index contributed by atoms with van der Waals surface area (Å²) < 4.78 is 18.8. The fourth-order valence-electron chi connectivity index (χ4n) is 2.36. The molecule has 0 radical (unpaired) electrons. The Labute approximate surface area is 145 Å². The van der Waals surface area contributed by atoms with Crippen LogP contribution in [0.3, 0.4) is 0 Å². The first-order valence-electron chi connectivity index (χ1n) is 7.78. The molecule has 1 atom stereocenters. The van der Waals surface area contributed by atoms with Gasteiger partial charge < -0.3 is 15.0 Å². The van der Waals surface area contributed by atoms with Gasteiger partial charge in [-0.15, -0.1) is 11.3 Å². The molecule has 7 heteroatoms. The summed E-state index contributed by atoms with van der Waals surface area (Å²) in [5.41, 5.74) is 1.32. The lowest BCUT2D eigenvalue weighted by atomic mass is 10.1. The maximum absolute atomic E-state index is 13.5. The Kier molecular flexibility index (Phi) is 6.28. The summed E-state index contributed by atoms with van der Waals surface area (Å²) in [5.74, 6) is 0.282. The highest BCUT2D eigenvalue weighted by molar-refractivity contribution is 7.09. The number of hydrogen-bond donors (Lipinski definition) is 2. The molecule has 2 N–H and O–H groups in total. The first-order chi connectivity index (χ1) is 11.4. The molecule has 2 rings (SSSR count). The summed E-state index contributed by atoms with van der Waals surface area (Å²) in [4.78, 5) is 17.4. The summed E-state index contributed by atoms with van der Waals surface area (Å²) in [6, 6.07) is 4.51. The molecule has 1 unspecified atom stereocenters. The van der Waals surface area contributed by atoms with Crippen LogP contribution in [0.1, 0.15) is 18.9 Å². The normalized spacial score (nSPS) is 12.2. The lowest BCUT2D eigenvalue weighted by molar-refractivity contribution is -0.885. The largest absolute Gasteiger partial charge is 0.496 e. The van der Waals surface area contributed by atoms with Crippen LogP contribution in [0.5, 0.6) is 5.75 Å². The monoisotopic (exact) mass is 352 g/mol. The van der Waals surface area contributed by atoms with E-state index in [-0.39, 0.29) is 17.8 Å². The molecule has 1 aromatic heterocycles. The van der Waals surface area contributed by atoms with Gasteiger partial charge in [0.15, 0.2) is 6.54 Å². The smallest absolute Gasteiger partial charge is 0.275 e. The summed E-state index contributed by atoms with van der Waals surface area (Å²) in [6.07, 6.45) is 0. The summed E-state index contributed by atoms with van der Waals surface area (Å²) in [6.45, 7) is 4.89. The molecule has 0 aliphatic carbocycles. The fourth-order valence-corrected chi connectivity index (χ4v) is 3.27. The number of carbonyl (C=O) groups excluding carboxylic acids is 1. The molecule has 130 valence electrons. The van der Waals surface area contributed by atoms with Crippen LogP contribution >= 0.6 is 11.3 Å². The number of quaternary nitrogens is 1. The van der Waals surface area contributed by atoms with E-state index >= 15 is 0 Å². The molecule has 1 amide bonds. The Hall–Kier alpha value is -1.99. The van der Waals surface area contributed by atoms with Crippen LogP contribution < -0.4 is 15.0 Å². The summed E-state index contributed by atoms with van der Waals surface area (Å²) >= 11 is 1.50. The van der Waals surface area contributed by atoms with Crippen LogP contribution in [0.4, 0.5) is 4.39 Å². The lowest BCUT2D eigenvalue weighted by Gasteiger charge is -2.13. The third kappa shape index (κ3) is 5.01. The molecule has 1 aromatic carbocycles. The molecule has 0 saturated carbocycles. The van der Waals surface area contributed by atoms with Gasteiger partial charge in [0.2, 0.25) is 0 Å². The van der Waals surface area contributed by atoms with Crippen LogP contribution in [-0.4, -0.2) is 37.6 Å². The van der Waals surface area contributed by atoms with E-state index in [1.807, 2.05) is 26.3 Å². The molecule has 0 bridgehead atoms. The van der Waals surface area contributed by atoms with Crippen molar-refractivity contribution in [2.75, 3.05) is 20.7 Å². The van der Waals surface area contributed by atoms with Gasteiger partial charge in [-0.05, 0) is 32.0 Å². The summed E-state index contributed by atoms with van der Waals surface area (Å²) in [7, 11) is 3.50. The molecule has 0 fully saturated rings. The number of thiazole rings is 1. The molecule has 0 saturated heterocycles. The minimum Gasteiger partial charge on any atom is -0.496 e. The van der Waals surface area contributed by atoms with E-state index < -0.39 is 0 Å². The number of nitrogens with one attached hydrogen (secondary N) is 2. The maximum atomic E-state index is 13.5. The molecular weight excluding hydrogens is 329 g/mol. The first-order valence-corrected chi connectivity index (χ1v) is 8.66. The number of rotatable bonds is 7. The minimum atomic E-state index is -0.326. The van der Waals surface area contributed by atoms with Crippen molar-refractivity contribution in [3.05, 3.63) is 34.4 Å². The van der Waals surface area contributed by atoms with Gasteiger partial charge in [-0.25, -0.2) is 9.37 Å². The molecule has 1 heterocycles. The number of aromatic nitrogens is 1. The van der Waals surface area contributed by atoms with Crippen molar-refractivity contribution in [1.82, 2.24) is 10.3 Å². The topological polar surface area (TPSA) is 55.7 Å². The van der Waals surface area contributed by atoms with Gasteiger partial charge in [0.05, 0.1) is 19.9 Å². The number of ether oxygens (including phenoxy) is 1. The Balaban J connectivity index is 2.06.